The molecule has 0 fully saturated rings. The fourth-order valence-corrected chi connectivity index (χ4v) is 1.33. The van der Waals surface area contributed by atoms with Crippen molar-refractivity contribution in [2.24, 2.45) is 0 Å². The molecule has 0 amide bonds. The van der Waals surface area contributed by atoms with Crippen LogP contribution in [0.3, 0.4) is 0 Å². The van der Waals surface area contributed by atoms with Gasteiger partial charge in [0.15, 0.2) is 5.54 Å². The van der Waals surface area contributed by atoms with Crippen molar-refractivity contribution >= 4 is 11.9 Å². The van der Waals surface area contributed by atoms with Crippen molar-refractivity contribution in [1.82, 2.24) is 5.32 Å². The molecule has 1 rings (SSSR count). The molecular weight excluding hydrogens is 198 g/mol. The maximum atomic E-state index is 11.6. The third-order valence-electron chi connectivity index (χ3n) is 2.18. The Labute approximate surface area is 87.4 Å². The smallest absolute Gasteiger partial charge is 0.336 e. The van der Waals surface area contributed by atoms with E-state index in [1.807, 2.05) is 0 Å². The molecule has 0 bridgehead atoms. The highest BCUT2D eigenvalue weighted by atomic mass is 16.5. The number of hydrogen-bond acceptors (Lipinski definition) is 4. The van der Waals surface area contributed by atoms with Crippen LogP contribution in [0.5, 0.6) is 0 Å². The minimum absolute atomic E-state index is 0.0246. The summed E-state index contributed by atoms with van der Waals surface area (Å²) in [5.41, 5.74) is -1.33. The maximum absolute atomic E-state index is 11.6. The molecule has 1 unspecified atom stereocenters. The van der Waals surface area contributed by atoms with Crippen LogP contribution in [0.4, 0.5) is 0 Å². The SMILES string of the molecule is CCOC(=O)C1(C)NC=CC=C1C(=O)O. The van der Waals surface area contributed by atoms with Gasteiger partial charge in [-0.15, -0.1) is 0 Å². The molecule has 1 aliphatic heterocycles. The number of carbonyl (C=O) groups excluding carboxylic acids is 1. The largest absolute Gasteiger partial charge is 0.478 e. The van der Waals surface area contributed by atoms with Crippen LogP contribution >= 0.6 is 0 Å². The van der Waals surface area contributed by atoms with E-state index in [9.17, 15) is 9.59 Å². The lowest BCUT2D eigenvalue weighted by molar-refractivity contribution is -0.150. The summed E-state index contributed by atoms with van der Waals surface area (Å²) in [4.78, 5) is 22.5. The van der Waals surface area contributed by atoms with Crippen molar-refractivity contribution in [3.8, 4) is 0 Å². The fraction of sp³-hybridized carbons (Fsp3) is 0.400. The third-order valence-corrected chi connectivity index (χ3v) is 2.18. The number of carbonyl (C=O) groups is 2. The second-order valence-corrected chi connectivity index (χ2v) is 3.23. The zero-order chi connectivity index (χ0) is 11.5. The zero-order valence-electron chi connectivity index (χ0n) is 8.61. The van der Waals surface area contributed by atoms with Crippen LogP contribution in [0.1, 0.15) is 13.8 Å². The van der Waals surface area contributed by atoms with Gasteiger partial charge in [0.1, 0.15) is 0 Å². The van der Waals surface area contributed by atoms with E-state index in [-0.39, 0.29) is 12.2 Å². The lowest BCUT2D eigenvalue weighted by Crippen LogP contribution is -2.52. The second-order valence-electron chi connectivity index (χ2n) is 3.23. The van der Waals surface area contributed by atoms with Gasteiger partial charge in [0.2, 0.25) is 0 Å². The van der Waals surface area contributed by atoms with Crippen molar-refractivity contribution in [2.45, 2.75) is 19.4 Å². The summed E-state index contributed by atoms with van der Waals surface area (Å²) in [6, 6.07) is 0. The Kier molecular flexibility index (Phi) is 3.14. The van der Waals surface area contributed by atoms with Gasteiger partial charge in [-0.2, -0.15) is 0 Å². The van der Waals surface area contributed by atoms with Crippen LogP contribution in [0.2, 0.25) is 0 Å². The van der Waals surface area contributed by atoms with Gasteiger partial charge in [0, 0.05) is 0 Å². The van der Waals surface area contributed by atoms with E-state index in [0.717, 1.165) is 0 Å². The summed E-state index contributed by atoms with van der Waals surface area (Å²) >= 11 is 0. The Morgan fingerprint density at radius 2 is 2.27 bits per heavy atom. The lowest BCUT2D eigenvalue weighted by Gasteiger charge is -2.29. The van der Waals surface area contributed by atoms with Gasteiger partial charge in [0.25, 0.3) is 0 Å². The number of allylic oxidation sites excluding steroid dienone is 2. The number of hydrogen-bond donors (Lipinski definition) is 2. The molecule has 0 radical (unpaired) electrons. The minimum atomic E-state index is -1.31. The van der Waals surface area contributed by atoms with E-state index >= 15 is 0 Å². The van der Waals surface area contributed by atoms with Crippen molar-refractivity contribution in [2.75, 3.05) is 6.61 Å². The highest BCUT2D eigenvalue weighted by Gasteiger charge is 2.42. The van der Waals surface area contributed by atoms with Crippen molar-refractivity contribution in [3.05, 3.63) is 23.9 Å². The molecule has 0 saturated heterocycles. The van der Waals surface area contributed by atoms with Gasteiger partial charge < -0.3 is 15.2 Å². The summed E-state index contributed by atoms with van der Waals surface area (Å²) in [5, 5.41) is 11.6. The topological polar surface area (TPSA) is 75.6 Å². The van der Waals surface area contributed by atoms with E-state index < -0.39 is 17.5 Å². The fourth-order valence-electron chi connectivity index (χ4n) is 1.33. The molecule has 2 N–H and O–H groups in total. The van der Waals surface area contributed by atoms with Gasteiger partial charge in [-0.25, -0.2) is 9.59 Å². The summed E-state index contributed by atoms with van der Waals surface area (Å²) < 4.78 is 4.83. The first-order valence-corrected chi connectivity index (χ1v) is 4.58. The lowest BCUT2D eigenvalue weighted by atomic mass is 9.89. The molecule has 0 aliphatic carbocycles. The Morgan fingerprint density at radius 1 is 1.60 bits per heavy atom. The summed E-state index contributed by atoms with van der Waals surface area (Å²) in [6.45, 7) is 3.37. The molecule has 0 aromatic carbocycles. The Hall–Kier alpha value is -1.78. The maximum Gasteiger partial charge on any atom is 0.336 e. The molecule has 1 aliphatic rings. The highest BCUT2D eigenvalue weighted by Crippen LogP contribution is 2.21. The van der Waals surface area contributed by atoms with Crippen LogP contribution < -0.4 is 5.32 Å². The van der Waals surface area contributed by atoms with Gasteiger partial charge in [-0.1, -0.05) is 0 Å². The number of carboxylic acids is 1. The summed E-state index contributed by atoms with van der Waals surface area (Å²) in [6.07, 6.45) is 4.43. The van der Waals surface area contributed by atoms with E-state index in [0.29, 0.717) is 0 Å². The molecule has 1 atom stereocenters. The van der Waals surface area contributed by atoms with E-state index in [1.54, 1.807) is 6.92 Å². The molecule has 0 saturated carbocycles. The Morgan fingerprint density at radius 3 is 2.80 bits per heavy atom. The van der Waals surface area contributed by atoms with Crippen LogP contribution in [0.25, 0.3) is 0 Å². The monoisotopic (exact) mass is 211 g/mol. The molecule has 0 aromatic heterocycles. The van der Waals surface area contributed by atoms with E-state index in [2.05, 4.69) is 5.32 Å². The third kappa shape index (κ3) is 2.01. The van der Waals surface area contributed by atoms with Gasteiger partial charge in [-0.05, 0) is 32.2 Å². The van der Waals surface area contributed by atoms with Gasteiger partial charge in [0.05, 0.1) is 12.2 Å². The average Bonchev–Trinajstić information content (AvgIpc) is 2.18. The standard InChI is InChI=1S/C10H13NO4/c1-3-15-9(14)10(2)7(8(12)13)5-4-6-11-10/h4-6,11H,3H2,1-2H3,(H,12,13). The van der Waals surface area contributed by atoms with Gasteiger partial charge in [-0.3, -0.25) is 0 Å². The number of ether oxygens (including phenoxy) is 1. The molecule has 5 nitrogen and oxygen atoms in total. The highest BCUT2D eigenvalue weighted by molar-refractivity contribution is 6.00. The summed E-state index contributed by atoms with van der Waals surface area (Å²) in [7, 11) is 0. The number of nitrogens with one attached hydrogen (secondary N) is 1. The van der Waals surface area contributed by atoms with Crippen molar-refractivity contribution in [1.29, 1.82) is 0 Å². The molecule has 1 heterocycles. The molecule has 82 valence electrons. The van der Waals surface area contributed by atoms with Crippen molar-refractivity contribution in [3.63, 3.8) is 0 Å². The normalized spacial score (nSPS) is 24.0. The minimum Gasteiger partial charge on any atom is -0.478 e. The molecule has 15 heavy (non-hydrogen) atoms. The van der Waals surface area contributed by atoms with Crippen LogP contribution in [-0.4, -0.2) is 29.2 Å². The first-order valence-electron chi connectivity index (χ1n) is 4.58. The predicted molar refractivity (Wildman–Crippen MR) is 53.0 cm³/mol. The predicted octanol–water partition coefficient (Wildman–Crippen LogP) is 0.436. The van der Waals surface area contributed by atoms with Crippen LogP contribution in [-0.2, 0) is 14.3 Å². The number of aliphatic carboxylic acids is 1. The number of dihydropyridines is 1. The molecule has 0 aromatic rings. The van der Waals surface area contributed by atoms with E-state index in [1.165, 1.54) is 25.3 Å². The van der Waals surface area contributed by atoms with Crippen molar-refractivity contribution < 1.29 is 19.4 Å². The van der Waals surface area contributed by atoms with E-state index in [4.69, 9.17) is 9.84 Å². The Balaban J connectivity index is 3.01. The molecular formula is C10H13NO4. The average molecular weight is 211 g/mol. The van der Waals surface area contributed by atoms with Gasteiger partial charge >= 0.3 is 11.9 Å². The zero-order valence-corrected chi connectivity index (χ0v) is 8.61. The number of esters is 1. The number of carboxylic acid groups (broad SMARTS) is 1. The first kappa shape index (κ1) is 11.3. The summed E-state index contributed by atoms with van der Waals surface area (Å²) in [5.74, 6) is -1.73. The molecule has 5 heteroatoms. The van der Waals surface area contributed by atoms with Crippen LogP contribution in [0, 0.1) is 0 Å². The van der Waals surface area contributed by atoms with Crippen LogP contribution in [0.15, 0.2) is 23.9 Å². The second kappa shape index (κ2) is 4.16. The Bertz CT molecular complexity index is 345. The molecule has 0 spiro atoms. The number of rotatable bonds is 3. The first-order chi connectivity index (χ1) is 7.02. The quantitative estimate of drug-likeness (QED) is 0.662.